The number of nitrogens with zero attached hydrogens (tertiary/aromatic N) is 2. The maximum absolute atomic E-state index is 13.2. The largest absolute Gasteiger partial charge is 0.360 e. The number of amides is 2. The predicted octanol–water partition coefficient (Wildman–Crippen LogP) is 1.72. The normalized spacial score (nSPS) is 29.3. The molecule has 4 heterocycles. The molecule has 3 aliphatic heterocycles. The smallest absolute Gasteiger partial charge is 0.230 e. The number of carbonyl (C=O) groups excluding carboxylic acids is 2. The van der Waals surface area contributed by atoms with Gasteiger partial charge in [-0.3, -0.25) is 14.6 Å². The van der Waals surface area contributed by atoms with Crippen LogP contribution in [0.25, 0.3) is 0 Å². The van der Waals surface area contributed by atoms with E-state index in [1.807, 2.05) is 47.4 Å². The van der Waals surface area contributed by atoms with E-state index in [-0.39, 0.29) is 17.9 Å². The van der Waals surface area contributed by atoms with Crippen molar-refractivity contribution in [1.82, 2.24) is 15.2 Å². The standard InChI is InChI=1S/C23H23N3O3/c27-21(25-14-17-7-4-11-24-13-17)19-18-8-10-23(29-18)15-26(22(28)20(19)23)12-9-16-5-2-1-3-6-16/h1-8,10-11,13,18-20H,9,12,14-15H2,(H,25,27)/t18-,19?,20?,23-/m0/s1. The van der Waals surface area contributed by atoms with Gasteiger partial charge in [-0.2, -0.15) is 0 Å². The molecule has 1 aromatic heterocycles. The van der Waals surface area contributed by atoms with Crippen LogP contribution in [0.1, 0.15) is 11.1 Å². The summed E-state index contributed by atoms with van der Waals surface area (Å²) in [4.78, 5) is 32.1. The van der Waals surface area contributed by atoms with E-state index in [9.17, 15) is 9.59 Å². The van der Waals surface area contributed by atoms with Gasteiger partial charge in [-0.1, -0.05) is 48.6 Å². The summed E-state index contributed by atoms with van der Waals surface area (Å²) in [6.07, 6.45) is 7.83. The monoisotopic (exact) mass is 389 g/mol. The van der Waals surface area contributed by atoms with Gasteiger partial charge in [-0.25, -0.2) is 0 Å². The number of fused-ring (bicyclic) bond motifs is 1. The van der Waals surface area contributed by atoms with Crippen LogP contribution in [0.2, 0.25) is 0 Å². The number of pyridine rings is 1. The minimum absolute atomic E-state index is 0.0225. The van der Waals surface area contributed by atoms with E-state index in [0.29, 0.717) is 19.6 Å². The van der Waals surface area contributed by atoms with Crippen LogP contribution in [0.15, 0.2) is 67.0 Å². The summed E-state index contributed by atoms with van der Waals surface area (Å²) in [5, 5.41) is 2.96. The number of carbonyl (C=O) groups is 2. The maximum atomic E-state index is 13.2. The number of nitrogens with one attached hydrogen (secondary N) is 1. The molecule has 2 amide bonds. The molecule has 2 bridgehead atoms. The van der Waals surface area contributed by atoms with Gasteiger partial charge >= 0.3 is 0 Å². The summed E-state index contributed by atoms with van der Waals surface area (Å²) in [7, 11) is 0. The fourth-order valence-corrected chi connectivity index (χ4v) is 4.79. The molecule has 2 unspecified atom stereocenters. The van der Waals surface area contributed by atoms with Gasteiger partial charge in [0.25, 0.3) is 0 Å². The van der Waals surface area contributed by atoms with E-state index in [1.165, 1.54) is 5.56 Å². The van der Waals surface area contributed by atoms with Gasteiger partial charge in [-0.15, -0.1) is 0 Å². The average Bonchev–Trinajstić information content (AvgIpc) is 3.40. The molecule has 2 saturated heterocycles. The molecule has 6 heteroatoms. The molecule has 2 fully saturated rings. The molecular formula is C23H23N3O3. The van der Waals surface area contributed by atoms with Crippen LogP contribution in [-0.2, 0) is 27.3 Å². The zero-order valence-corrected chi connectivity index (χ0v) is 16.0. The molecule has 1 aromatic carbocycles. The first-order valence-corrected chi connectivity index (χ1v) is 10.0. The highest BCUT2D eigenvalue weighted by Gasteiger charge is 2.66. The van der Waals surface area contributed by atoms with Crippen LogP contribution < -0.4 is 5.32 Å². The van der Waals surface area contributed by atoms with Crippen LogP contribution in [0.4, 0.5) is 0 Å². The molecule has 0 aliphatic carbocycles. The Morgan fingerprint density at radius 1 is 1.21 bits per heavy atom. The third-order valence-electron chi connectivity index (χ3n) is 6.18. The number of likely N-dealkylation sites (tertiary alicyclic amines) is 1. The van der Waals surface area contributed by atoms with E-state index >= 15 is 0 Å². The van der Waals surface area contributed by atoms with E-state index < -0.39 is 17.4 Å². The molecule has 1 N–H and O–H groups in total. The second-order valence-corrected chi connectivity index (χ2v) is 7.97. The van der Waals surface area contributed by atoms with Gasteiger partial charge in [0.05, 0.1) is 24.5 Å². The van der Waals surface area contributed by atoms with Crippen molar-refractivity contribution in [2.45, 2.75) is 24.7 Å². The molecular weight excluding hydrogens is 366 g/mol. The minimum atomic E-state index is -0.658. The number of aromatic nitrogens is 1. The second-order valence-electron chi connectivity index (χ2n) is 7.97. The Labute approximate surface area is 169 Å². The lowest BCUT2D eigenvalue weighted by Gasteiger charge is -2.23. The van der Waals surface area contributed by atoms with Gasteiger partial charge in [0.2, 0.25) is 11.8 Å². The average molecular weight is 389 g/mol. The van der Waals surface area contributed by atoms with Crippen molar-refractivity contribution >= 4 is 11.8 Å². The summed E-state index contributed by atoms with van der Waals surface area (Å²) in [5.74, 6) is -1.03. The number of rotatable bonds is 6. The van der Waals surface area contributed by atoms with Crippen molar-refractivity contribution in [3.05, 3.63) is 78.1 Å². The number of hydrogen-bond acceptors (Lipinski definition) is 4. The zero-order valence-electron chi connectivity index (χ0n) is 16.0. The first-order valence-electron chi connectivity index (χ1n) is 10.0. The molecule has 0 radical (unpaired) electrons. The lowest BCUT2D eigenvalue weighted by molar-refractivity contribution is -0.137. The van der Waals surface area contributed by atoms with Crippen LogP contribution in [0.3, 0.4) is 0 Å². The molecule has 4 atom stereocenters. The van der Waals surface area contributed by atoms with Crippen molar-refractivity contribution in [2.75, 3.05) is 13.1 Å². The molecule has 0 saturated carbocycles. The van der Waals surface area contributed by atoms with E-state index in [2.05, 4.69) is 22.4 Å². The first kappa shape index (κ1) is 18.1. The van der Waals surface area contributed by atoms with E-state index in [4.69, 9.17) is 4.74 Å². The fourth-order valence-electron chi connectivity index (χ4n) is 4.79. The highest BCUT2D eigenvalue weighted by molar-refractivity contribution is 5.93. The van der Waals surface area contributed by atoms with Crippen molar-refractivity contribution < 1.29 is 14.3 Å². The van der Waals surface area contributed by atoms with Gasteiger partial charge in [0, 0.05) is 25.5 Å². The van der Waals surface area contributed by atoms with Crippen molar-refractivity contribution in [3.8, 4) is 0 Å². The molecule has 29 heavy (non-hydrogen) atoms. The molecule has 3 aliphatic rings. The quantitative estimate of drug-likeness (QED) is 0.764. The first-order chi connectivity index (χ1) is 14.2. The number of ether oxygens (including phenoxy) is 1. The molecule has 2 aromatic rings. The van der Waals surface area contributed by atoms with Crippen LogP contribution in [-0.4, -0.2) is 46.5 Å². The Hall–Kier alpha value is -2.99. The molecule has 6 nitrogen and oxygen atoms in total. The topological polar surface area (TPSA) is 71.5 Å². The van der Waals surface area contributed by atoms with E-state index in [0.717, 1.165) is 12.0 Å². The van der Waals surface area contributed by atoms with Gasteiger partial charge < -0.3 is 15.0 Å². The molecule has 5 rings (SSSR count). The van der Waals surface area contributed by atoms with Crippen LogP contribution in [0.5, 0.6) is 0 Å². The van der Waals surface area contributed by atoms with Crippen LogP contribution in [0, 0.1) is 11.8 Å². The Kier molecular flexibility index (Phi) is 4.43. The second kappa shape index (κ2) is 7.12. The predicted molar refractivity (Wildman–Crippen MR) is 107 cm³/mol. The highest BCUT2D eigenvalue weighted by Crippen LogP contribution is 2.51. The third-order valence-corrected chi connectivity index (χ3v) is 6.18. The Morgan fingerprint density at radius 2 is 2.03 bits per heavy atom. The summed E-state index contributed by atoms with van der Waals surface area (Å²) in [6, 6.07) is 13.9. The molecule has 1 spiro atoms. The minimum Gasteiger partial charge on any atom is -0.360 e. The number of hydrogen-bond donors (Lipinski definition) is 1. The SMILES string of the molecule is O=C(NCc1cccnc1)C1C2C(=O)N(CCc3ccccc3)C[C@@]23C=C[C@@H]1O3. The van der Waals surface area contributed by atoms with Crippen molar-refractivity contribution in [3.63, 3.8) is 0 Å². The van der Waals surface area contributed by atoms with Gasteiger partial charge in [0.1, 0.15) is 5.60 Å². The zero-order chi connectivity index (χ0) is 19.8. The lowest BCUT2D eigenvalue weighted by Crippen LogP contribution is -2.44. The Morgan fingerprint density at radius 3 is 2.83 bits per heavy atom. The summed E-state index contributed by atoms with van der Waals surface area (Å²) in [5.41, 5.74) is 1.47. The third kappa shape index (κ3) is 3.13. The Balaban J connectivity index is 1.28. The van der Waals surface area contributed by atoms with Gasteiger partial charge in [0.15, 0.2) is 0 Å². The summed E-state index contributed by atoms with van der Waals surface area (Å²) < 4.78 is 6.18. The van der Waals surface area contributed by atoms with Crippen molar-refractivity contribution in [1.29, 1.82) is 0 Å². The highest BCUT2D eigenvalue weighted by atomic mass is 16.5. The summed E-state index contributed by atoms with van der Waals surface area (Å²) in [6.45, 7) is 1.54. The lowest BCUT2D eigenvalue weighted by atomic mass is 9.77. The summed E-state index contributed by atoms with van der Waals surface area (Å²) >= 11 is 0. The maximum Gasteiger partial charge on any atom is 0.230 e. The fraction of sp³-hybridized carbons (Fsp3) is 0.348. The van der Waals surface area contributed by atoms with E-state index in [1.54, 1.807) is 12.4 Å². The molecule has 148 valence electrons. The van der Waals surface area contributed by atoms with Crippen molar-refractivity contribution in [2.24, 2.45) is 11.8 Å². The Bertz CT molecular complexity index is 946. The number of benzene rings is 1. The van der Waals surface area contributed by atoms with Gasteiger partial charge in [-0.05, 0) is 23.6 Å². The van der Waals surface area contributed by atoms with Crippen LogP contribution >= 0.6 is 0 Å².